The van der Waals surface area contributed by atoms with Gasteiger partial charge < -0.3 is 0 Å². The predicted octanol–water partition coefficient (Wildman–Crippen LogP) is 4.70. The molecule has 2 aromatic rings. The Kier molecular flexibility index (Phi) is 3.04. The van der Waals surface area contributed by atoms with Crippen molar-refractivity contribution in [3.63, 3.8) is 0 Å². The Morgan fingerprint density at radius 2 is 1.62 bits per heavy atom. The number of aromatic nitrogens is 1. The van der Waals surface area contributed by atoms with Crippen LogP contribution in [0, 0.1) is 27.7 Å². The average molecular weight is 252 g/mol. The predicted molar refractivity (Wildman–Crippen MR) is 71.5 cm³/mol. The van der Waals surface area contributed by atoms with Gasteiger partial charge in [-0.15, -0.1) is 11.3 Å². The smallest absolute Gasteiger partial charge is 0.184 e. The SMILES string of the molecule is Cc1cc(C)c(C)c(-c2csc(Cl)n2)c1C. The summed E-state index contributed by atoms with van der Waals surface area (Å²) in [4.78, 5) is 4.37. The van der Waals surface area contributed by atoms with E-state index >= 15 is 0 Å². The van der Waals surface area contributed by atoms with Crippen LogP contribution in [-0.2, 0) is 0 Å². The van der Waals surface area contributed by atoms with Crippen molar-refractivity contribution in [2.24, 2.45) is 0 Å². The van der Waals surface area contributed by atoms with Gasteiger partial charge in [0.05, 0.1) is 5.69 Å². The van der Waals surface area contributed by atoms with Crippen LogP contribution in [-0.4, -0.2) is 4.98 Å². The fraction of sp³-hybridized carbons (Fsp3) is 0.308. The first-order chi connectivity index (χ1) is 7.50. The summed E-state index contributed by atoms with van der Waals surface area (Å²) < 4.78 is 0.605. The van der Waals surface area contributed by atoms with Crippen LogP contribution in [0.15, 0.2) is 11.4 Å². The van der Waals surface area contributed by atoms with Gasteiger partial charge in [0.15, 0.2) is 4.47 Å². The van der Waals surface area contributed by atoms with E-state index in [1.54, 1.807) is 0 Å². The van der Waals surface area contributed by atoms with Gasteiger partial charge in [-0.1, -0.05) is 17.7 Å². The molecule has 0 fully saturated rings. The van der Waals surface area contributed by atoms with Crippen LogP contribution in [0.25, 0.3) is 11.3 Å². The molecule has 0 aliphatic rings. The third-order valence-corrected chi connectivity index (χ3v) is 4.08. The summed E-state index contributed by atoms with van der Waals surface area (Å²) in [6.07, 6.45) is 0. The van der Waals surface area contributed by atoms with Crippen molar-refractivity contribution in [1.82, 2.24) is 4.98 Å². The standard InChI is InChI=1S/C13H14ClNS/c1-7-5-8(2)10(4)12(9(7)3)11-6-16-13(14)15-11/h5-6H,1-4H3. The number of aryl methyl sites for hydroxylation is 2. The minimum Gasteiger partial charge on any atom is -0.225 e. The van der Waals surface area contributed by atoms with Crippen molar-refractivity contribution >= 4 is 22.9 Å². The van der Waals surface area contributed by atoms with Crippen molar-refractivity contribution in [1.29, 1.82) is 0 Å². The van der Waals surface area contributed by atoms with Crippen LogP contribution in [0.1, 0.15) is 22.3 Å². The fourth-order valence-corrected chi connectivity index (χ4v) is 2.72. The summed E-state index contributed by atoms with van der Waals surface area (Å²) >= 11 is 7.38. The summed E-state index contributed by atoms with van der Waals surface area (Å²) in [5.41, 5.74) is 7.44. The van der Waals surface area contributed by atoms with Gasteiger partial charge >= 0.3 is 0 Å². The highest BCUT2D eigenvalue weighted by Gasteiger charge is 2.12. The van der Waals surface area contributed by atoms with Gasteiger partial charge in [-0.05, 0) is 49.9 Å². The van der Waals surface area contributed by atoms with Gasteiger partial charge in [-0.3, -0.25) is 0 Å². The zero-order valence-electron chi connectivity index (χ0n) is 9.89. The minimum absolute atomic E-state index is 0.605. The lowest BCUT2D eigenvalue weighted by molar-refractivity contribution is 1.23. The van der Waals surface area contributed by atoms with Gasteiger partial charge in [0.25, 0.3) is 0 Å². The molecule has 3 heteroatoms. The monoisotopic (exact) mass is 251 g/mol. The van der Waals surface area contributed by atoms with Crippen molar-refractivity contribution in [2.45, 2.75) is 27.7 Å². The van der Waals surface area contributed by atoms with E-state index in [2.05, 4.69) is 38.7 Å². The first kappa shape index (κ1) is 11.6. The first-order valence-corrected chi connectivity index (χ1v) is 6.45. The number of nitrogens with zero attached hydrogens (tertiary/aromatic N) is 1. The third kappa shape index (κ3) is 1.87. The Morgan fingerprint density at radius 1 is 1.06 bits per heavy atom. The summed E-state index contributed by atoms with van der Waals surface area (Å²) in [7, 11) is 0. The van der Waals surface area contributed by atoms with Crippen LogP contribution < -0.4 is 0 Å². The maximum atomic E-state index is 5.90. The Hall–Kier alpha value is -0.860. The lowest BCUT2D eigenvalue weighted by atomic mass is 9.93. The summed E-state index contributed by atoms with van der Waals surface area (Å²) in [6, 6.07) is 2.22. The second kappa shape index (κ2) is 4.19. The van der Waals surface area contributed by atoms with Crippen molar-refractivity contribution in [3.8, 4) is 11.3 Å². The Labute approximate surface area is 105 Å². The molecule has 0 amide bonds. The molecule has 16 heavy (non-hydrogen) atoms. The highest BCUT2D eigenvalue weighted by molar-refractivity contribution is 7.14. The summed E-state index contributed by atoms with van der Waals surface area (Å²) in [6.45, 7) is 8.56. The number of thiazole rings is 1. The summed E-state index contributed by atoms with van der Waals surface area (Å²) in [5.74, 6) is 0. The molecule has 1 aromatic carbocycles. The van der Waals surface area contributed by atoms with E-state index in [9.17, 15) is 0 Å². The maximum Gasteiger partial charge on any atom is 0.184 e. The second-order valence-electron chi connectivity index (χ2n) is 4.12. The van der Waals surface area contributed by atoms with Crippen LogP contribution in [0.5, 0.6) is 0 Å². The van der Waals surface area contributed by atoms with Crippen LogP contribution >= 0.6 is 22.9 Å². The molecule has 0 bridgehead atoms. The molecular formula is C13H14ClNS. The van der Waals surface area contributed by atoms with Crippen molar-refractivity contribution < 1.29 is 0 Å². The van der Waals surface area contributed by atoms with Gasteiger partial charge in [0.1, 0.15) is 0 Å². The van der Waals surface area contributed by atoms with Gasteiger partial charge in [-0.25, -0.2) is 4.98 Å². The van der Waals surface area contributed by atoms with Crippen LogP contribution in [0.2, 0.25) is 4.47 Å². The van der Waals surface area contributed by atoms with Gasteiger partial charge in [0.2, 0.25) is 0 Å². The highest BCUT2D eigenvalue weighted by Crippen LogP contribution is 2.33. The minimum atomic E-state index is 0.605. The molecule has 1 heterocycles. The lowest BCUT2D eigenvalue weighted by Crippen LogP contribution is -1.95. The van der Waals surface area contributed by atoms with E-state index in [4.69, 9.17) is 11.6 Å². The van der Waals surface area contributed by atoms with Crippen molar-refractivity contribution in [2.75, 3.05) is 0 Å². The van der Waals surface area contributed by atoms with E-state index < -0.39 is 0 Å². The van der Waals surface area contributed by atoms with E-state index in [-0.39, 0.29) is 0 Å². The Morgan fingerprint density at radius 3 is 2.06 bits per heavy atom. The molecule has 1 aromatic heterocycles. The van der Waals surface area contributed by atoms with E-state index in [0.29, 0.717) is 4.47 Å². The number of hydrogen-bond acceptors (Lipinski definition) is 2. The lowest BCUT2D eigenvalue weighted by Gasteiger charge is -2.13. The molecular weight excluding hydrogens is 238 g/mol. The van der Waals surface area contributed by atoms with Gasteiger partial charge in [-0.2, -0.15) is 0 Å². The molecule has 0 atom stereocenters. The molecule has 0 unspecified atom stereocenters. The largest absolute Gasteiger partial charge is 0.225 e. The highest BCUT2D eigenvalue weighted by atomic mass is 35.5. The molecule has 0 N–H and O–H groups in total. The molecule has 1 nitrogen and oxygen atoms in total. The summed E-state index contributed by atoms with van der Waals surface area (Å²) in [5, 5.41) is 2.02. The van der Waals surface area contributed by atoms with Gasteiger partial charge in [0, 0.05) is 10.9 Å². The zero-order valence-corrected chi connectivity index (χ0v) is 11.5. The quantitative estimate of drug-likeness (QED) is 0.716. The molecule has 0 aliphatic carbocycles. The van der Waals surface area contributed by atoms with Crippen LogP contribution in [0.4, 0.5) is 0 Å². The Balaban J connectivity index is 2.73. The van der Waals surface area contributed by atoms with E-state index in [1.165, 1.54) is 39.2 Å². The molecule has 0 aliphatic heterocycles. The molecule has 0 spiro atoms. The molecule has 0 radical (unpaired) electrons. The second-order valence-corrected chi connectivity index (χ2v) is 5.56. The molecule has 2 rings (SSSR count). The van der Waals surface area contributed by atoms with Crippen molar-refractivity contribution in [3.05, 3.63) is 38.2 Å². The van der Waals surface area contributed by atoms with Crippen LogP contribution in [0.3, 0.4) is 0 Å². The topological polar surface area (TPSA) is 12.9 Å². The fourth-order valence-electron chi connectivity index (χ4n) is 1.97. The zero-order chi connectivity index (χ0) is 11.9. The molecule has 0 saturated heterocycles. The number of benzene rings is 1. The third-order valence-electron chi connectivity index (χ3n) is 3.10. The Bertz CT molecular complexity index is 517. The number of rotatable bonds is 1. The van der Waals surface area contributed by atoms with E-state index in [1.807, 2.05) is 5.38 Å². The first-order valence-electron chi connectivity index (χ1n) is 5.19. The molecule has 84 valence electrons. The van der Waals surface area contributed by atoms with E-state index in [0.717, 1.165) is 5.69 Å². The maximum absolute atomic E-state index is 5.90. The molecule has 0 saturated carbocycles. The number of hydrogen-bond donors (Lipinski definition) is 0. The normalized spacial score (nSPS) is 10.8. The number of halogens is 1. The average Bonchev–Trinajstić information content (AvgIpc) is 2.62.